The molecule has 3 N–H and O–H groups in total. The summed E-state index contributed by atoms with van der Waals surface area (Å²) in [4.78, 5) is 38.2. The zero-order chi connectivity index (χ0) is 48.4. The maximum atomic E-state index is 12.9. The molecule has 0 saturated heterocycles. The van der Waals surface area contributed by atoms with Crippen molar-refractivity contribution < 1.29 is 43.9 Å². The van der Waals surface area contributed by atoms with Crippen LogP contribution in [0.4, 0.5) is 0 Å². The summed E-state index contributed by atoms with van der Waals surface area (Å²) in [5, 5.41) is 31.5. The molecule has 3 unspecified atom stereocenters. The van der Waals surface area contributed by atoms with Crippen LogP contribution in [-0.4, -0.2) is 70.9 Å². The quantitative estimate of drug-likeness (QED) is 0.0236. The van der Waals surface area contributed by atoms with Crippen LogP contribution in [0.1, 0.15) is 194 Å². The number of esters is 3. The van der Waals surface area contributed by atoms with Gasteiger partial charge in [-0.2, -0.15) is 0 Å². The number of ether oxygens (including phenoxy) is 3. The first-order chi connectivity index (χ1) is 32.3. The molecule has 0 radical (unpaired) electrons. The minimum absolute atomic E-state index is 0.147. The van der Waals surface area contributed by atoms with Crippen molar-refractivity contribution in [2.24, 2.45) is 0 Å². The van der Waals surface area contributed by atoms with Crippen LogP contribution in [0.3, 0.4) is 0 Å². The maximum Gasteiger partial charge on any atom is 0.335 e. The summed E-state index contributed by atoms with van der Waals surface area (Å²) in [5.74, 6) is -2.73. The molecule has 0 aromatic rings. The minimum Gasteiger partial charge on any atom is -0.460 e. The van der Waals surface area contributed by atoms with Crippen molar-refractivity contribution in [3.05, 3.63) is 109 Å². The Labute approximate surface area is 401 Å². The minimum atomic E-state index is -1.44. The van der Waals surface area contributed by atoms with Gasteiger partial charge in [0.15, 0.2) is 24.4 Å². The summed E-state index contributed by atoms with van der Waals surface area (Å²) in [6, 6.07) is 0. The van der Waals surface area contributed by atoms with Crippen LogP contribution in [-0.2, 0) is 28.6 Å². The molecule has 374 valence electrons. The molecule has 0 bridgehead atoms. The highest BCUT2D eigenvalue weighted by atomic mass is 16.6. The van der Waals surface area contributed by atoms with E-state index in [0.29, 0.717) is 38.5 Å². The molecule has 0 aromatic carbocycles. The standard InChI is InChI=1S/C57H92O9/c1-4-7-10-13-16-19-22-25-28-31-34-37-40-43-46-52(58)55(61)64-49-51(66-57(63)54(60)48-45-42-39-36-33-30-27-24-21-18-15-12-9-6-3)50-65-56(62)53(59)47-44-41-38-35-32-29-26-23-20-17-14-11-8-5-2/h16-21,25-30,34-39,51-54,58-60H,4-15,22-24,31-33,40-50H2,1-3H3. The van der Waals surface area contributed by atoms with Gasteiger partial charge in [-0.15, -0.1) is 0 Å². The lowest BCUT2D eigenvalue weighted by atomic mass is 10.1. The first kappa shape index (κ1) is 62.0. The second kappa shape index (κ2) is 48.9. The first-order valence-corrected chi connectivity index (χ1v) is 25.7. The van der Waals surface area contributed by atoms with E-state index in [2.05, 4.69) is 106 Å². The Hall–Kier alpha value is -4.05. The van der Waals surface area contributed by atoms with E-state index in [1.807, 2.05) is 24.3 Å². The van der Waals surface area contributed by atoms with E-state index in [0.717, 1.165) is 57.8 Å². The van der Waals surface area contributed by atoms with Crippen LogP contribution in [0, 0.1) is 0 Å². The van der Waals surface area contributed by atoms with Crippen LogP contribution in [0.15, 0.2) is 109 Å². The van der Waals surface area contributed by atoms with Gasteiger partial charge in [-0.25, -0.2) is 14.4 Å². The summed E-state index contributed by atoms with van der Waals surface area (Å²) in [6.07, 6.45) is 56.7. The Morgan fingerprint density at radius 3 is 0.864 bits per heavy atom. The second-order valence-electron chi connectivity index (χ2n) is 16.8. The SMILES string of the molecule is CCCCCC=CCC=CCC=CCCCC(O)C(=O)OCC(COC(=O)C(O)CCCC=CCC=CCC=CCCCCC)OC(=O)C(O)CCCC=CCC=CCC=CCCCCC. The van der Waals surface area contributed by atoms with Crippen LogP contribution < -0.4 is 0 Å². The van der Waals surface area contributed by atoms with Gasteiger partial charge < -0.3 is 29.5 Å². The van der Waals surface area contributed by atoms with Gasteiger partial charge in [0.05, 0.1) is 0 Å². The lowest BCUT2D eigenvalue weighted by molar-refractivity contribution is -0.177. The lowest BCUT2D eigenvalue weighted by Crippen LogP contribution is -2.37. The van der Waals surface area contributed by atoms with Gasteiger partial charge >= 0.3 is 17.9 Å². The average Bonchev–Trinajstić information content (AvgIpc) is 3.32. The number of aliphatic hydroxyl groups excluding tert-OH is 3. The summed E-state index contributed by atoms with van der Waals surface area (Å²) >= 11 is 0. The number of rotatable bonds is 44. The van der Waals surface area contributed by atoms with Crippen molar-refractivity contribution in [3.8, 4) is 0 Å². The van der Waals surface area contributed by atoms with E-state index >= 15 is 0 Å². The molecule has 66 heavy (non-hydrogen) atoms. The van der Waals surface area contributed by atoms with Crippen LogP contribution in [0.25, 0.3) is 0 Å². The van der Waals surface area contributed by atoms with E-state index < -0.39 is 55.5 Å². The van der Waals surface area contributed by atoms with Gasteiger partial charge in [-0.3, -0.25) is 0 Å². The summed E-state index contributed by atoms with van der Waals surface area (Å²) in [7, 11) is 0. The number of carbonyl (C=O) groups is 3. The molecule has 3 atom stereocenters. The van der Waals surface area contributed by atoms with E-state index in [1.54, 1.807) is 0 Å². The fourth-order valence-electron chi connectivity index (χ4n) is 6.41. The van der Waals surface area contributed by atoms with Crippen molar-refractivity contribution in [2.45, 2.75) is 219 Å². The van der Waals surface area contributed by atoms with Crippen LogP contribution in [0.2, 0.25) is 0 Å². The first-order valence-electron chi connectivity index (χ1n) is 25.7. The van der Waals surface area contributed by atoms with Crippen LogP contribution >= 0.6 is 0 Å². The summed E-state index contributed by atoms with van der Waals surface area (Å²) in [6.45, 7) is 5.61. The zero-order valence-corrected chi connectivity index (χ0v) is 41.5. The second-order valence-corrected chi connectivity index (χ2v) is 16.8. The normalized spacial score (nSPS) is 14.5. The predicted molar refractivity (Wildman–Crippen MR) is 274 cm³/mol. The maximum absolute atomic E-state index is 12.9. The Bertz CT molecular complexity index is 1360. The number of hydrogen-bond acceptors (Lipinski definition) is 9. The van der Waals surface area contributed by atoms with E-state index in [-0.39, 0.29) is 19.3 Å². The monoisotopic (exact) mass is 921 g/mol. The number of allylic oxidation sites excluding steroid dienone is 18. The molecule has 0 saturated carbocycles. The highest BCUT2D eigenvalue weighted by Crippen LogP contribution is 2.11. The molecule has 0 spiro atoms. The zero-order valence-electron chi connectivity index (χ0n) is 41.5. The fraction of sp³-hybridized carbons (Fsp3) is 0.632. The fourth-order valence-corrected chi connectivity index (χ4v) is 6.41. The molecule has 0 aliphatic rings. The van der Waals surface area contributed by atoms with Crippen molar-refractivity contribution in [1.82, 2.24) is 0 Å². The van der Waals surface area contributed by atoms with Gasteiger partial charge in [0.2, 0.25) is 0 Å². The molecule has 0 heterocycles. The Morgan fingerprint density at radius 1 is 0.348 bits per heavy atom. The van der Waals surface area contributed by atoms with Crippen molar-refractivity contribution in [2.75, 3.05) is 13.2 Å². The Kier molecular flexibility index (Phi) is 45.9. The lowest BCUT2D eigenvalue weighted by Gasteiger charge is -2.21. The molecule has 0 aromatic heterocycles. The Balaban J connectivity index is 4.93. The largest absolute Gasteiger partial charge is 0.460 e. The van der Waals surface area contributed by atoms with Gasteiger partial charge in [-0.05, 0) is 135 Å². The molecular weight excluding hydrogens is 829 g/mol. The summed E-state index contributed by atoms with van der Waals surface area (Å²) in [5.41, 5.74) is 0. The van der Waals surface area contributed by atoms with Gasteiger partial charge in [0.1, 0.15) is 13.2 Å². The smallest absolute Gasteiger partial charge is 0.335 e. The number of unbranched alkanes of at least 4 members (excludes halogenated alkanes) is 12. The number of hydrogen-bond donors (Lipinski definition) is 3. The summed E-state index contributed by atoms with van der Waals surface area (Å²) < 4.78 is 16.0. The predicted octanol–water partition coefficient (Wildman–Crippen LogP) is 13.7. The molecule has 0 aliphatic carbocycles. The molecule has 0 rings (SSSR count). The van der Waals surface area contributed by atoms with E-state index in [9.17, 15) is 29.7 Å². The highest BCUT2D eigenvalue weighted by Gasteiger charge is 2.26. The van der Waals surface area contributed by atoms with E-state index in [4.69, 9.17) is 14.2 Å². The molecule has 0 amide bonds. The topological polar surface area (TPSA) is 140 Å². The number of carbonyl (C=O) groups excluding carboxylic acids is 3. The van der Waals surface area contributed by atoms with Crippen LogP contribution in [0.5, 0.6) is 0 Å². The molecular formula is C57H92O9. The third kappa shape index (κ3) is 42.6. The molecule has 9 heteroatoms. The van der Waals surface area contributed by atoms with Gasteiger partial charge in [-0.1, -0.05) is 169 Å². The third-order valence-electron chi connectivity index (χ3n) is 10.5. The van der Waals surface area contributed by atoms with Crippen molar-refractivity contribution in [1.29, 1.82) is 0 Å². The third-order valence-corrected chi connectivity index (χ3v) is 10.5. The number of aliphatic hydroxyl groups is 3. The molecule has 0 fully saturated rings. The average molecular weight is 921 g/mol. The van der Waals surface area contributed by atoms with E-state index in [1.165, 1.54) is 57.8 Å². The Morgan fingerprint density at radius 2 is 0.591 bits per heavy atom. The van der Waals surface area contributed by atoms with Gasteiger partial charge in [0.25, 0.3) is 0 Å². The van der Waals surface area contributed by atoms with Gasteiger partial charge in [0, 0.05) is 0 Å². The molecule has 9 nitrogen and oxygen atoms in total. The highest BCUT2D eigenvalue weighted by molar-refractivity contribution is 5.76. The molecule has 0 aliphatic heterocycles. The van der Waals surface area contributed by atoms with Crippen molar-refractivity contribution in [3.63, 3.8) is 0 Å². The van der Waals surface area contributed by atoms with Crippen molar-refractivity contribution >= 4 is 17.9 Å².